The lowest BCUT2D eigenvalue weighted by Crippen LogP contribution is -2.28. The van der Waals surface area contributed by atoms with Crippen molar-refractivity contribution < 1.29 is 31.9 Å². The second kappa shape index (κ2) is 10.8. The maximum absolute atomic E-state index is 13.1. The van der Waals surface area contributed by atoms with Crippen molar-refractivity contribution in [3.8, 4) is 5.75 Å². The van der Waals surface area contributed by atoms with E-state index in [1.807, 2.05) is 0 Å². The SMILES string of the molecule is N=C1S/C(=C\c2cc(Br)ccc2OCC(=O)Nc2ccc(F)cc2)C(=O)N1c1cccc(C(F)(F)F)c1. The molecule has 1 saturated heterocycles. The van der Waals surface area contributed by atoms with E-state index in [4.69, 9.17) is 10.1 Å². The minimum atomic E-state index is -4.60. The molecule has 0 spiro atoms. The van der Waals surface area contributed by atoms with Crippen LogP contribution in [0.1, 0.15) is 11.1 Å². The molecular weight excluding hydrogens is 578 g/mol. The fourth-order valence-corrected chi connectivity index (χ4v) is 4.55. The molecule has 4 rings (SSSR count). The number of nitrogens with one attached hydrogen (secondary N) is 2. The summed E-state index contributed by atoms with van der Waals surface area (Å²) >= 11 is 4.12. The van der Waals surface area contributed by atoms with Crippen molar-refractivity contribution >= 4 is 62.1 Å². The first-order valence-corrected chi connectivity index (χ1v) is 12.1. The second-order valence-electron chi connectivity index (χ2n) is 7.63. The molecule has 0 saturated carbocycles. The first kappa shape index (κ1) is 26.4. The van der Waals surface area contributed by atoms with Gasteiger partial charge < -0.3 is 10.1 Å². The van der Waals surface area contributed by atoms with Gasteiger partial charge >= 0.3 is 6.18 Å². The number of thioether (sulfide) groups is 1. The van der Waals surface area contributed by atoms with Gasteiger partial charge in [0.1, 0.15) is 11.6 Å². The highest BCUT2D eigenvalue weighted by Crippen LogP contribution is 2.39. The fraction of sp³-hybridized carbons (Fsp3) is 0.0800. The quantitative estimate of drug-likeness (QED) is 0.247. The Kier molecular flexibility index (Phi) is 7.69. The zero-order chi connectivity index (χ0) is 26.7. The number of nitrogens with zero attached hydrogens (tertiary/aromatic N) is 1. The van der Waals surface area contributed by atoms with Gasteiger partial charge in [-0.2, -0.15) is 13.2 Å². The highest BCUT2D eigenvalue weighted by Gasteiger charge is 2.36. The van der Waals surface area contributed by atoms with Crippen molar-refractivity contribution in [2.45, 2.75) is 6.18 Å². The van der Waals surface area contributed by atoms with Crippen molar-refractivity contribution in [2.75, 3.05) is 16.8 Å². The Labute approximate surface area is 220 Å². The summed E-state index contributed by atoms with van der Waals surface area (Å²) in [5.41, 5.74) is -0.230. The molecule has 3 aromatic rings. The topological polar surface area (TPSA) is 82.5 Å². The lowest BCUT2D eigenvalue weighted by Gasteiger charge is -2.16. The third-order valence-electron chi connectivity index (χ3n) is 5.00. The van der Waals surface area contributed by atoms with Gasteiger partial charge in [-0.15, -0.1) is 0 Å². The summed E-state index contributed by atoms with van der Waals surface area (Å²) in [5.74, 6) is -1.37. The maximum atomic E-state index is 13.1. The van der Waals surface area contributed by atoms with E-state index >= 15 is 0 Å². The van der Waals surface area contributed by atoms with Crippen LogP contribution >= 0.6 is 27.7 Å². The Balaban J connectivity index is 1.53. The van der Waals surface area contributed by atoms with Crippen LogP contribution in [0.2, 0.25) is 0 Å². The van der Waals surface area contributed by atoms with Crippen LogP contribution in [0.4, 0.5) is 28.9 Å². The molecule has 1 fully saturated rings. The molecule has 0 bridgehead atoms. The van der Waals surface area contributed by atoms with Crippen molar-refractivity contribution in [3.05, 3.63) is 93.1 Å². The molecule has 1 aliphatic heterocycles. The van der Waals surface area contributed by atoms with E-state index in [-0.39, 0.29) is 28.1 Å². The van der Waals surface area contributed by atoms with E-state index in [0.717, 1.165) is 28.8 Å². The normalized spacial score (nSPS) is 14.8. The summed E-state index contributed by atoms with van der Waals surface area (Å²) in [5, 5.41) is 10.5. The molecule has 2 amide bonds. The number of benzene rings is 3. The van der Waals surface area contributed by atoms with Gasteiger partial charge in [0, 0.05) is 15.7 Å². The molecule has 2 N–H and O–H groups in total. The zero-order valence-electron chi connectivity index (χ0n) is 18.6. The Bertz CT molecular complexity index is 1410. The van der Waals surface area contributed by atoms with Gasteiger partial charge in [0.2, 0.25) is 0 Å². The number of halogens is 5. The molecule has 12 heteroatoms. The van der Waals surface area contributed by atoms with Crippen molar-refractivity contribution in [1.82, 2.24) is 0 Å². The average Bonchev–Trinajstić information content (AvgIpc) is 3.12. The van der Waals surface area contributed by atoms with Gasteiger partial charge in [-0.1, -0.05) is 22.0 Å². The summed E-state index contributed by atoms with van der Waals surface area (Å²) in [6.07, 6.45) is -3.16. The third-order valence-corrected chi connectivity index (χ3v) is 6.38. The van der Waals surface area contributed by atoms with Gasteiger partial charge in [-0.25, -0.2) is 4.39 Å². The van der Waals surface area contributed by atoms with Crippen LogP contribution in [0.15, 0.2) is 76.1 Å². The number of hydrogen-bond donors (Lipinski definition) is 2. The minimum absolute atomic E-state index is 0.0797. The van der Waals surface area contributed by atoms with Crippen LogP contribution in [0.25, 0.3) is 6.08 Å². The third kappa shape index (κ3) is 6.38. The summed E-state index contributed by atoms with van der Waals surface area (Å²) in [6.45, 7) is -0.386. The number of ether oxygens (including phenoxy) is 1. The number of amides is 2. The zero-order valence-corrected chi connectivity index (χ0v) is 21.0. The molecule has 190 valence electrons. The molecule has 0 aromatic heterocycles. The highest BCUT2D eigenvalue weighted by atomic mass is 79.9. The maximum Gasteiger partial charge on any atom is 0.416 e. The van der Waals surface area contributed by atoms with Crippen LogP contribution in [0, 0.1) is 11.2 Å². The first-order valence-electron chi connectivity index (χ1n) is 10.5. The Hall–Kier alpha value is -3.64. The van der Waals surface area contributed by atoms with E-state index in [9.17, 15) is 27.2 Å². The van der Waals surface area contributed by atoms with E-state index in [1.54, 1.807) is 18.2 Å². The Morgan fingerprint density at radius 2 is 1.84 bits per heavy atom. The number of carbonyl (C=O) groups is 2. The highest BCUT2D eigenvalue weighted by molar-refractivity contribution is 9.10. The number of amidine groups is 1. The van der Waals surface area contributed by atoms with Crippen LogP contribution in [0.3, 0.4) is 0 Å². The number of hydrogen-bond acceptors (Lipinski definition) is 5. The molecular formula is C25H16BrF4N3O3S. The lowest BCUT2D eigenvalue weighted by molar-refractivity contribution is -0.137. The van der Waals surface area contributed by atoms with Gasteiger partial charge in [0.15, 0.2) is 11.8 Å². The van der Waals surface area contributed by atoms with Crippen LogP contribution in [-0.2, 0) is 15.8 Å². The summed E-state index contributed by atoms with van der Waals surface area (Å²) in [6, 6.07) is 14.2. The van der Waals surface area contributed by atoms with Crippen molar-refractivity contribution in [3.63, 3.8) is 0 Å². The lowest BCUT2D eigenvalue weighted by atomic mass is 10.1. The Morgan fingerprint density at radius 1 is 1.11 bits per heavy atom. The summed E-state index contributed by atoms with van der Waals surface area (Å²) in [7, 11) is 0. The molecule has 0 radical (unpaired) electrons. The molecule has 3 aromatic carbocycles. The van der Waals surface area contributed by atoms with Crippen molar-refractivity contribution in [1.29, 1.82) is 5.41 Å². The molecule has 1 aliphatic rings. The summed E-state index contributed by atoms with van der Waals surface area (Å²) in [4.78, 5) is 26.3. The standard InChI is InChI=1S/C25H16BrF4N3O3S/c26-16-4-9-20(36-13-22(34)32-18-7-5-17(27)6-8-18)14(10-16)11-21-23(35)33(24(31)37-21)19-3-1-2-15(12-19)25(28,29)30/h1-12,31H,13H2,(H,32,34)/b21-11-,31-24?. The number of alkyl halides is 3. The monoisotopic (exact) mass is 593 g/mol. The smallest absolute Gasteiger partial charge is 0.416 e. The summed E-state index contributed by atoms with van der Waals surface area (Å²) < 4.78 is 58.7. The molecule has 37 heavy (non-hydrogen) atoms. The second-order valence-corrected chi connectivity index (χ2v) is 9.58. The Morgan fingerprint density at radius 3 is 2.54 bits per heavy atom. The largest absolute Gasteiger partial charge is 0.483 e. The molecule has 0 aliphatic carbocycles. The van der Waals surface area contributed by atoms with Gasteiger partial charge in [0.05, 0.1) is 16.2 Å². The molecule has 1 heterocycles. The number of carbonyl (C=O) groups excluding carboxylic acids is 2. The molecule has 0 atom stereocenters. The van der Waals surface area contributed by atoms with E-state index < -0.39 is 29.4 Å². The van der Waals surface area contributed by atoms with Crippen LogP contribution in [0.5, 0.6) is 5.75 Å². The van der Waals surface area contributed by atoms with Crippen molar-refractivity contribution in [2.24, 2.45) is 0 Å². The fourth-order valence-electron chi connectivity index (χ4n) is 3.32. The minimum Gasteiger partial charge on any atom is -0.483 e. The van der Waals surface area contributed by atoms with Crippen LogP contribution in [-0.4, -0.2) is 23.6 Å². The number of anilines is 2. The molecule has 0 unspecified atom stereocenters. The predicted molar refractivity (Wildman–Crippen MR) is 137 cm³/mol. The van der Waals surface area contributed by atoms with E-state index in [2.05, 4.69) is 21.2 Å². The van der Waals surface area contributed by atoms with E-state index in [1.165, 1.54) is 42.5 Å². The van der Waals surface area contributed by atoms with Gasteiger partial charge in [0.25, 0.3) is 11.8 Å². The predicted octanol–water partition coefficient (Wildman–Crippen LogP) is 6.68. The van der Waals surface area contributed by atoms with Gasteiger partial charge in [-0.3, -0.25) is 19.9 Å². The first-order chi connectivity index (χ1) is 17.5. The average molecular weight is 594 g/mol. The van der Waals surface area contributed by atoms with E-state index in [0.29, 0.717) is 15.7 Å². The number of rotatable bonds is 6. The van der Waals surface area contributed by atoms with Crippen LogP contribution < -0.4 is 15.0 Å². The molecule has 6 nitrogen and oxygen atoms in total. The van der Waals surface area contributed by atoms with Gasteiger partial charge in [-0.05, 0) is 78.5 Å².